The summed E-state index contributed by atoms with van der Waals surface area (Å²) in [4.78, 5) is 0. The van der Waals surface area contributed by atoms with Crippen LogP contribution in [-0.4, -0.2) is 45.4 Å². The third-order valence-corrected chi connectivity index (χ3v) is 10.7. The third-order valence-electron chi connectivity index (χ3n) is 3.31. The number of hydrogen-bond acceptors (Lipinski definition) is 5. The standard InChI is InChI=1S/C23H52O5Si2/c1-19(2,3)24-29(16,25-20(4,5)6)17-18-30(26-21(7,8)9,27-22(10,11)12)28-23(13,14)15/h17-18H2,1-16H3. The zero-order valence-electron chi connectivity index (χ0n) is 23.0. The first-order valence-corrected chi connectivity index (χ1v) is 15.7. The lowest BCUT2D eigenvalue weighted by Crippen LogP contribution is -2.59. The Morgan fingerprint density at radius 2 is 0.633 bits per heavy atom. The topological polar surface area (TPSA) is 46.2 Å². The van der Waals surface area contributed by atoms with E-state index in [-0.39, 0.29) is 11.2 Å². The second-order valence-corrected chi connectivity index (χ2v) is 19.0. The molecule has 0 spiro atoms. The molecule has 5 nitrogen and oxygen atoms in total. The molecule has 0 aromatic carbocycles. The van der Waals surface area contributed by atoms with Gasteiger partial charge in [-0.05, 0) is 116 Å². The van der Waals surface area contributed by atoms with E-state index < -0.39 is 34.2 Å². The van der Waals surface area contributed by atoms with Crippen LogP contribution in [0.15, 0.2) is 0 Å². The summed E-state index contributed by atoms with van der Waals surface area (Å²) in [6.45, 7) is 33.1. The second kappa shape index (κ2) is 9.61. The van der Waals surface area contributed by atoms with E-state index in [4.69, 9.17) is 22.1 Å². The van der Waals surface area contributed by atoms with E-state index in [0.29, 0.717) is 6.04 Å². The molecule has 0 aliphatic heterocycles. The van der Waals surface area contributed by atoms with Gasteiger partial charge in [0.25, 0.3) is 0 Å². The van der Waals surface area contributed by atoms with Crippen LogP contribution in [0, 0.1) is 0 Å². The first-order valence-electron chi connectivity index (χ1n) is 11.2. The minimum atomic E-state index is -3.09. The Bertz CT molecular complexity index is 471. The molecule has 0 rings (SSSR count). The molecule has 0 bridgehead atoms. The fraction of sp³-hybridized carbons (Fsp3) is 1.00. The van der Waals surface area contributed by atoms with Gasteiger partial charge in [0.2, 0.25) is 0 Å². The van der Waals surface area contributed by atoms with E-state index in [9.17, 15) is 0 Å². The molecular weight excluding hydrogens is 412 g/mol. The van der Waals surface area contributed by atoms with Crippen LogP contribution in [0.4, 0.5) is 0 Å². The SMILES string of the molecule is CC(C)(C)O[Si](C)(CC[Si](OC(C)(C)C)(OC(C)(C)C)OC(C)(C)C)OC(C)(C)C. The first-order chi connectivity index (χ1) is 12.7. The molecule has 0 aliphatic carbocycles. The maximum absolute atomic E-state index is 6.64. The molecule has 30 heavy (non-hydrogen) atoms. The molecule has 0 atom stereocenters. The quantitative estimate of drug-likeness (QED) is 0.359. The molecule has 0 fully saturated rings. The van der Waals surface area contributed by atoms with Crippen LogP contribution < -0.4 is 0 Å². The van der Waals surface area contributed by atoms with Gasteiger partial charge >= 0.3 is 17.4 Å². The van der Waals surface area contributed by atoms with E-state index in [1.807, 2.05) is 0 Å². The second-order valence-electron chi connectivity index (χ2n) is 13.4. The predicted molar refractivity (Wildman–Crippen MR) is 131 cm³/mol. The van der Waals surface area contributed by atoms with Crippen molar-refractivity contribution >= 4 is 17.4 Å². The lowest BCUT2D eigenvalue weighted by Gasteiger charge is -2.45. The summed E-state index contributed by atoms with van der Waals surface area (Å²) in [5.74, 6) is 0. The van der Waals surface area contributed by atoms with Crippen molar-refractivity contribution in [2.45, 2.75) is 150 Å². The van der Waals surface area contributed by atoms with Crippen LogP contribution >= 0.6 is 0 Å². The van der Waals surface area contributed by atoms with E-state index >= 15 is 0 Å². The van der Waals surface area contributed by atoms with Crippen molar-refractivity contribution in [3.8, 4) is 0 Å². The maximum atomic E-state index is 6.64. The van der Waals surface area contributed by atoms with Crippen LogP contribution in [-0.2, 0) is 22.1 Å². The van der Waals surface area contributed by atoms with Gasteiger partial charge in [0.15, 0.2) is 0 Å². The zero-order valence-corrected chi connectivity index (χ0v) is 25.0. The molecule has 0 unspecified atom stereocenters. The van der Waals surface area contributed by atoms with Crippen molar-refractivity contribution in [3.05, 3.63) is 0 Å². The molecule has 7 heteroatoms. The van der Waals surface area contributed by atoms with Gasteiger partial charge in [-0.2, -0.15) is 0 Å². The van der Waals surface area contributed by atoms with Crippen LogP contribution in [0.5, 0.6) is 0 Å². The normalized spacial score (nSPS) is 15.6. The smallest absolute Gasteiger partial charge is 0.389 e. The molecular formula is C23H52O5Si2. The van der Waals surface area contributed by atoms with Crippen molar-refractivity contribution in [1.82, 2.24) is 0 Å². The van der Waals surface area contributed by atoms with Crippen molar-refractivity contribution in [1.29, 1.82) is 0 Å². The van der Waals surface area contributed by atoms with Crippen molar-refractivity contribution in [3.63, 3.8) is 0 Å². The Hall–Kier alpha value is 0.234. The van der Waals surface area contributed by atoms with Gasteiger partial charge in [-0.15, -0.1) is 0 Å². The number of rotatable bonds is 8. The zero-order chi connectivity index (χ0) is 24.4. The van der Waals surface area contributed by atoms with Gasteiger partial charge in [-0.3, -0.25) is 0 Å². The van der Waals surface area contributed by atoms with Gasteiger partial charge in [-0.25, -0.2) is 0 Å². The van der Waals surface area contributed by atoms with Gasteiger partial charge in [-0.1, -0.05) is 0 Å². The fourth-order valence-corrected chi connectivity index (χ4v) is 12.5. The summed E-state index contributed by atoms with van der Waals surface area (Å²) in [5.41, 5.74) is -1.77. The highest BCUT2D eigenvalue weighted by Crippen LogP contribution is 2.36. The van der Waals surface area contributed by atoms with Crippen LogP contribution in [0.3, 0.4) is 0 Å². The van der Waals surface area contributed by atoms with Gasteiger partial charge in [0.1, 0.15) is 0 Å². The van der Waals surface area contributed by atoms with Crippen LogP contribution in [0.25, 0.3) is 0 Å². The summed E-state index contributed by atoms with van der Waals surface area (Å²) in [7, 11) is -5.65. The summed E-state index contributed by atoms with van der Waals surface area (Å²) in [6, 6.07) is 1.38. The maximum Gasteiger partial charge on any atom is 0.502 e. The van der Waals surface area contributed by atoms with E-state index in [2.05, 4.69) is 110 Å². The first kappa shape index (κ1) is 30.2. The molecule has 0 saturated carbocycles. The van der Waals surface area contributed by atoms with Crippen LogP contribution in [0.1, 0.15) is 104 Å². The Kier molecular flexibility index (Phi) is 9.69. The highest BCUT2D eigenvalue weighted by atomic mass is 28.4. The largest absolute Gasteiger partial charge is 0.502 e. The van der Waals surface area contributed by atoms with E-state index in [1.54, 1.807) is 0 Å². The lowest BCUT2D eigenvalue weighted by molar-refractivity contribution is -0.0754. The summed E-state index contributed by atoms with van der Waals surface area (Å²) in [5, 5.41) is 0. The molecule has 0 aliphatic rings. The van der Waals surface area contributed by atoms with Crippen LogP contribution in [0.2, 0.25) is 18.6 Å². The molecule has 0 N–H and O–H groups in total. The summed E-state index contributed by atoms with van der Waals surface area (Å²) >= 11 is 0. The van der Waals surface area contributed by atoms with Gasteiger partial charge in [0, 0.05) is 6.04 Å². The van der Waals surface area contributed by atoms with E-state index in [1.165, 1.54) is 0 Å². The highest BCUT2D eigenvalue weighted by Gasteiger charge is 2.53. The van der Waals surface area contributed by atoms with Gasteiger partial charge in [0.05, 0.1) is 28.0 Å². The molecule has 0 amide bonds. The third kappa shape index (κ3) is 15.1. The molecule has 0 saturated heterocycles. The lowest BCUT2D eigenvalue weighted by atomic mass is 10.2. The highest BCUT2D eigenvalue weighted by molar-refractivity contribution is 6.70. The van der Waals surface area contributed by atoms with Crippen molar-refractivity contribution < 1.29 is 22.1 Å². The molecule has 0 heterocycles. The summed E-state index contributed by atoms with van der Waals surface area (Å²) in [6.07, 6.45) is 0. The molecule has 182 valence electrons. The minimum absolute atomic E-state index is 0.295. The molecule has 0 aromatic rings. The molecule has 0 radical (unpaired) electrons. The minimum Gasteiger partial charge on any atom is -0.389 e. The number of hydrogen-bond donors (Lipinski definition) is 0. The fourth-order valence-electron chi connectivity index (χ4n) is 3.41. The van der Waals surface area contributed by atoms with E-state index in [0.717, 1.165) is 6.04 Å². The Morgan fingerprint density at radius 1 is 0.400 bits per heavy atom. The van der Waals surface area contributed by atoms with Crippen molar-refractivity contribution in [2.75, 3.05) is 0 Å². The molecule has 0 aromatic heterocycles. The average Bonchev–Trinajstić information content (AvgIpc) is 2.24. The average molecular weight is 465 g/mol. The Labute approximate surface area is 190 Å². The van der Waals surface area contributed by atoms with Gasteiger partial charge < -0.3 is 22.1 Å². The summed E-state index contributed by atoms with van der Waals surface area (Å²) < 4.78 is 33.0. The Morgan fingerprint density at radius 3 is 0.833 bits per heavy atom. The predicted octanol–water partition coefficient (Wildman–Crippen LogP) is 7.07. The van der Waals surface area contributed by atoms with Crippen molar-refractivity contribution in [2.24, 2.45) is 0 Å². The Balaban J connectivity index is 6.13. The monoisotopic (exact) mass is 464 g/mol.